The van der Waals surface area contributed by atoms with E-state index in [2.05, 4.69) is 13.8 Å². The Morgan fingerprint density at radius 1 is 1.15 bits per heavy atom. The number of benzene rings is 1. The Morgan fingerprint density at radius 2 is 1.77 bits per heavy atom. The van der Waals surface area contributed by atoms with E-state index in [9.17, 15) is 0 Å². The molecule has 0 aromatic heterocycles. The van der Waals surface area contributed by atoms with Gasteiger partial charge in [0.25, 0.3) is 0 Å². The van der Waals surface area contributed by atoms with E-state index in [0.717, 1.165) is 5.75 Å². The topological polar surface area (TPSA) is 9.23 Å². The van der Waals surface area contributed by atoms with E-state index < -0.39 is 0 Å². The lowest BCUT2D eigenvalue weighted by molar-refractivity contribution is 0.414. The van der Waals surface area contributed by atoms with Gasteiger partial charge in [-0.05, 0) is 24.6 Å². The van der Waals surface area contributed by atoms with Crippen molar-refractivity contribution in [2.24, 2.45) is 0 Å². The largest absolute Gasteiger partial charge is 0.497 e. The van der Waals surface area contributed by atoms with E-state index in [1.54, 1.807) is 7.11 Å². The van der Waals surface area contributed by atoms with E-state index in [4.69, 9.17) is 4.74 Å². The molecule has 1 rings (SSSR count). The summed E-state index contributed by atoms with van der Waals surface area (Å²) in [7, 11) is 1.68. The molecule has 13 heavy (non-hydrogen) atoms. The Hall–Kier alpha value is -0.980. The maximum Gasteiger partial charge on any atom is 0.119 e. The average molecular weight is 180 g/mol. The molecule has 0 N–H and O–H groups in total. The molecular weight excluding hydrogens is 160 g/mol. The fourth-order valence-electron chi connectivity index (χ4n) is 0.742. The van der Waals surface area contributed by atoms with Crippen molar-refractivity contribution in [1.29, 1.82) is 0 Å². The first-order chi connectivity index (χ1) is 6.24. The van der Waals surface area contributed by atoms with Crippen molar-refractivity contribution >= 4 is 0 Å². The van der Waals surface area contributed by atoms with Crippen LogP contribution in [0.4, 0.5) is 0 Å². The van der Waals surface area contributed by atoms with Gasteiger partial charge in [-0.3, -0.25) is 0 Å². The van der Waals surface area contributed by atoms with E-state index in [1.807, 2.05) is 31.2 Å². The Labute approximate surface area is 81.7 Å². The molecule has 0 spiro atoms. The van der Waals surface area contributed by atoms with E-state index in [-0.39, 0.29) is 0 Å². The highest BCUT2D eigenvalue weighted by Gasteiger charge is 1.86. The highest BCUT2D eigenvalue weighted by molar-refractivity contribution is 5.27. The average Bonchev–Trinajstić information content (AvgIpc) is 2.18. The molecule has 0 amide bonds. The lowest BCUT2D eigenvalue weighted by atomic mass is 10.2. The normalized spacial score (nSPS) is 8.62. The molecule has 0 unspecified atom stereocenters. The minimum absolute atomic E-state index is 0.926. The Balaban J connectivity index is 0.000000310. The number of unbranched alkanes of at least 4 members (excludes halogenated alkanes) is 1. The maximum atomic E-state index is 5.00. The third-order valence-electron chi connectivity index (χ3n) is 1.73. The van der Waals surface area contributed by atoms with Gasteiger partial charge in [0, 0.05) is 0 Å². The molecule has 0 saturated carbocycles. The standard InChI is InChI=1S/C8H10O.C4H10/c1-7-4-3-5-8(6-7)9-2;1-3-4-2/h3-6H,1-2H3;3-4H2,1-2H3. The van der Waals surface area contributed by atoms with Crippen LogP contribution in [0.1, 0.15) is 32.3 Å². The molecule has 0 heterocycles. The van der Waals surface area contributed by atoms with Crippen molar-refractivity contribution < 1.29 is 4.74 Å². The molecule has 1 nitrogen and oxygen atoms in total. The highest BCUT2D eigenvalue weighted by Crippen LogP contribution is 2.10. The van der Waals surface area contributed by atoms with Crippen molar-refractivity contribution in [2.75, 3.05) is 7.11 Å². The molecule has 0 radical (unpaired) electrons. The molecule has 0 aliphatic heterocycles. The summed E-state index contributed by atoms with van der Waals surface area (Å²) in [5, 5.41) is 0. The van der Waals surface area contributed by atoms with Crippen molar-refractivity contribution in [2.45, 2.75) is 33.6 Å². The molecule has 0 fully saturated rings. The van der Waals surface area contributed by atoms with Gasteiger partial charge >= 0.3 is 0 Å². The first-order valence-electron chi connectivity index (χ1n) is 4.85. The number of ether oxygens (including phenoxy) is 1. The predicted octanol–water partition coefficient (Wildman–Crippen LogP) is 3.81. The number of aryl methyl sites for hydroxylation is 1. The molecule has 0 atom stereocenters. The Kier molecular flexibility index (Phi) is 7.08. The number of methoxy groups -OCH3 is 1. The van der Waals surface area contributed by atoms with E-state index in [0.29, 0.717) is 0 Å². The Bertz CT molecular complexity index is 216. The van der Waals surface area contributed by atoms with Crippen LogP contribution in [0.5, 0.6) is 5.75 Å². The lowest BCUT2D eigenvalue weighted by Gasteiger charge is -1.97. The third-order valence-corrected chi connectivity index (χ3v) is 1.73. The summed E-state index contributed by atoms with van der Waals surface area (Å²) in [5.74, 6) is 0.926. The minimum atomic E-state index is 0.926. The second kappa shape index (κ2) is 7.66. The fraction of sp³-hybridized carbons (Fsp3) is 0.500. The van der Waals surface area contributed by atoms with Crippen molar-refractivity contribution in [3.05, 3.63) is 29.8 Å². The first-order valence-corrected chi connectivity index (χ1v) is 4.85. The van der Waals surface area contributed by atoms with Crippen LogP contribution in [0, 0.1) is 6.92 Å². The van der Waals surface area contributed by atoms with Gasteiger partial charge in [0.2, 0.25) is 0 Å². The summed E-state index contributed by atoms with van der Waals surface area (Å²) in [6.45, 7) is 6.41. The van der Waals surface area contributed by atoms with Crippen LogP contribution in [0.2, 0.25) is 0 Å². The molecule has 0 saturated heterocycles. The van der Waals surface area contributed by atoms with Gasteiger partial charge in [0.1, 0.15) is 5.75 Å². The predicted molar refractivity (Wildman–Crippen MR) is 58.3 cm³/mol. The molecule has 0 aliphatic carbocycles. The second-order valence-electron chi connectivity index (χ2n) is 3.02. The SMILES string of the molecule is CCCC.COc1cccc(C)c1. The van der Waals surface area contributed by atoms with Crippen LogP contribution in [0.25, 0.3) is 0 Å². The van der Waals surface area contributed by atoms with E-state index in [1.165, 1.54) is 18.4 Å². The Morgan fingerprint density at radius 3 is 2.08 bits per heavy atom. The van der Waals surface area contributed by atoms with Gasteiger partial charge in [-0.1, -0.05) is 38.8 Å². The van der Waals surface area contributed by atoms with Gasteiger partial charge in [0.15, 0.2) is 0 Å². The molecule has 1 aromatic rings. The summed E-state index contributed by atoms with van der Waals surface area (Å²) < 4.78 is 5.00. The molecule has 1 aromatic carbocycles. The van der Waals surface area contributed by atoms with Crippen molar-refractivity contribution in [3.63, 3.8) is 0 Å². The van der Waals surface area contributed by atoms with Gasteiger partial charge < -0.3 is 4.74 Å². The molecular formula is C12H20O. The molecule has 0 bridgehead atoms. The van der Waals surface area contributed by atoms with Gasteiger partial charge in [-0.15, -0.1) is 0 Å². The summed E-state index contributed by atoms with van der Waals surface area (Å²) in [5.41, 5.74) is 1.23. The quantitative estimate of drug-likeness (QED) is 0.672. The fourth-order valence-corrected chi connectivity index (χ4v) is 0.742. The zero-order valence-electron chi connectivity index (χ0n) is 9.13. The number of hydrogen-bond donors (Lipinski definition) is 0. The number of hydrogen-bond acceptors (Lipinski definition) is 1. The van der Waals surface area contributed by atoms with Crippen molar-refractivity contribution in [1.82, 2.24) is 0 Å². The molecule has 0 aliphatic rings. The zero-order valence-corrected chi connectivity index (χ0v) is 9.13. The minimum Gasteiger partial charge on any atom is -0.497 e. The number of rotatable bonds is 2. The van der Waals surface area contributed by atoms with Crippen molar-refractivity contribution in [3.8, 4) is 5.75 Å². The zero-order chi connectivity index (χ0) is 10.1. The summed E-state index contributed by atoms with van der Waals surface area (Å²) in [6.07, 6.45) is 2.64. The first kappa shape index (κ1) is 12.0. The van der Waals surface area contributed by atoms with Gasteiger partial charge in [-0.25, -0.2) is 0 Å². The van der Waals surface area contributed by atoms with Gasteiger partial charge in [0.05, 0.1) is 7.11 Å². The molecule has 74 valence electrons. The van der Waals surface area contributed by atoms with Crippen LogP contribution >= 0.6 is 0 Å². The summed E-state index contributed by atoms with van der Waals surface area (Å²) in [6, 6.07) is 7.96. The monoisotopic (exact) mass is 180 g/mol. The highest BCUT2D eigenvalue weighted by atomic mass is 16.5. The molecule has 1 heteroatoms. The lowest BCUT2D eigenvalue weighted by Crippen LogP contribution is -1.81. The van der Waals surface area contributed by atoms with Gasteiger partial charge in [-0.2, -0.15) is 0 Å². The summed E-state index contributed by atoms with van der Waals surface area (Å²) >= 11 is 0. The maximum absolute atomic E-state index is 5.00. The van der Waals surface area contributed by atoms with Crippen LogP contribution in [0.3, 0.4) is 0 Å². The smallest absolute Gasteiger partial charge is 0.119 e. The summed E-state index contributed by atoms with van der Waals surface area (Å²) in [4.78, 5) is 0. The van der Waals surface area contributed by atoms with Crippen LogP contribution < -0.4 is 4.74 Å². The van der Waals surface area contributed by atoms with Crippen LogP contribution in [-0.2, 0) is 0 Å². The second-order valence-corrected chi connectivity index (χ2v) is 3.02. The van der Waals surface area contributed by atoms with E-state index >= 15 is 0 Å². The third kappa shape index (κ3) is 6.21. The van der Waals surface area contributed by atoms with Crippen LogP contribution in [0.15, 0.2) is 24.3 Å². The van der Waals surface area contributed by atoms with Crippen LogP contribution in [-0.4, -0.2) is 7.11 Å².